The average molecular weight is 491 g/mol. The molecular formula is C22H39ClN4O6. The Hall–Kier alpha value is -1.75. The van der Waals surface area contributed by atoms with Gasteiger partial charge in [0.2, 0.25) is 0 Å². The Balaban J connectivity index is 2.01. The third-order valence-corrected chi connectivity index (χ3v) is 5.16. The lowest BCUT2D eigenvalue weighted by Gasteiger charge is -2.35. The summed E-state index contributed by atoms with van der Waals surface area (Å²) in [6.07, 6.45) is 1.02. The lowest BCUT2D eigenvalue weighted by atomic mass is 10.1. The average Bonchev–Trinajstić information content (AvgIpc) is 2.91. The van der Waals surface area contributed by atoms with Crippen LogP contribution < -0.4 is 16.1 Å². The molecule has 0 aromatic rings. The van der Waals surface area contributed by atoms with Crippen LogP contribution in [0.25, 0.3) is 0 Å². The summed E-state index contributed by atoms with van der Waals surface area (Å²) in [4.78, 5) is 24.3. The van der Waals surface area contributed by atoms with Crippen LogP contribution in [0.2, 0.25) is 0 Å². The van der Waals surface area contributed by atoms with Gasteiger partial charge in [0, 0.05) is 19.8 Å². The minimum Gasteiger partial charge on any atom is -0.444 e. The molecule has 11 heteroatoms. The van der Waals surface area contributed by atoms with Crippen LogP contribution in [0.5, 0.6) is 0 Å². The van der Waals surface area contributed by atoms with E-state index in [1.807, 2.05) is 25.8 Å². The first-order valence-electron chi connectivity index (χ1n) is 11.4. The van der Waals surface area contributed by atoms with E-state index in [0.717, 1.165) is 12.8 Å². The zero-order valence-corrected chi connectivity index (χ0v) is 21.6. The summed E-state index contributed by atoms with van der Waals surface area (Å²) in [5.41, 5.74) is 1.38. The largest absolute Gasteiger partial charge is 0.444 e. The number of nitrogens with zero attached hydrogens (tertiary/aromatic N) is 1. The molecule has 10 nitrogen and oxygen atoms in total. The van der Waals surface area contributed by atoms with Gasteiger partial charge in [-0.3, -0.25) is 10.3 Å². The van der Waals surface area contributed by atoms with Crippen LogP contribution in [-0.2, 0) is 18.9 Å². The van der Waals surface area contributed by atoms with Crippen LogP contribution in [0.4, 0.5) is 9.59 Å². The molecule has 0 aromatic carbocycles. The smallest absolute Gasteiger partial charge is 0.412 e. The molecule has 2 heterocycles. The van der Waals surface area contributed by atoms with Crippen molar-refractivity contribution < 1.29 is 28.5 Å². The number of alkyl carbamates (subject to hydrolysis) is 2. The van der Waals surface area contributed by atoms with E-state index in [2.05, 4.69) is 16.1 Å². The number of amides is 2. The molecule has 1 atom stereocenters. The summed E-state index contributed by atoms with van der Waals surface area (Å²) in [7, 11) is 0. The molecule has 2 rings (SSSR count). The molecule has 190 valence electrons. The van der Waals surface area contributed by atoms with Crippen LogP contribution >= 0.6 is 11.6 Å². The molecule has 2 amide bonds. The highest BCUT2D eigenvalue weighted by Crippen LogP contribution is 2.35. The van der Waals surface area contributed by atoms with Crippen LogP contribution in [0.3, 0.4) is 0 Å². The highest BCUT2D eigenvalue weighted by Gasteiger charge is 2.45. The van der Waals surface area contributed by atoms with Gasteiger partial charge in [-0.05, 0) is 67.7 Å². The third kappa shape index (κ3) is 8.84. The van der Waals surface area contributed by atoms with E-state index in [9.17, 15) is 9.59 Å². The molecule has 0 aromatic heterocycles. The number of carbonyl (C=O) groups excluding carboxylic acids is 2. The number of ether oxygens (including phenoxy) is 4. The van der Waals surface area contributed by atoms with Crippen molar-refractivity contribution >= 4 is 23.8 Å². The zero-order valence-electron chi connectivity index (χ0n) is 20.8. The molecule has 1 unspecified atom stereocenters. The fourth-order valence-corrected chi connectivity index (χ4v) is 3.79. The lowest BCUT2D eigenvalue weighted by molar-refractivity contribution is -0.0719. The molecule has 0 spiro atoms. The Bertz CT molecular complexity index is 727. The van der Waals surface area contributed by atoms with Crippen molar-refractivity contribution in [3.05, 3.63) is 10.9 Å². The van der Waals surface area contributed by atoms with E-state index < -0.39 is 29.1 Å². The van der Waals surface area contributed by atoms with Crippen LogP contribution in [0.1, 0.15) is 67.7 Å². The van der Waals surface area contributed by atoms with Gasteiger partial charge in [-0.15, -0.1) is 0 Å². The minimum atomic E-state index is -1.09. The summed E-state index contributed by atoms with van der Waals surface area (Å²) >= 11 is 6.70. The molecule has 2 aliphatic heterocycles. The van der Waals surface area contributed by atoms with Crippen molar-refractivity contribution in [3.63, 3.8) is 0 Å². The highest BCUT2D eigenvalue weighted by atomic mass is 35.5. The number of hydrogen-bond acceptors (Lipinski definition) is 8. The van der Waals surface area contributed by atoms with Gasteiger partial charge in [-0.2, -0.15) is 5.43 Å². The Morgan fingerprint density at radius 2 is 1.70 bits per heavy atom. The second kappa shape index (κ2) is 11.1. The molecule has 0 bridgehead atoms. The fourth-order valence-electron chi connectivity index (χ4n) is 3.38. The summed E-state index contributed by atoms with van der Waals surface area (Å²) < 4.78 is 22.2. The fraction of sp³-hybridized carbons (Fsp3) is 0.818. The first-order chi connectivity index (χ1) is 15.2. The highest BCUT2D eigenvalue weighted by molar-refractivity contribution is 6.30. The van der Waals surface area contributed by atoms with Gasteiger partial charge in [0.15, 0.2) is 5.72 Å². The van der Waals surface area contributed by atoms with Crippen molar-refractivity contribution in [2.75, 3.05) is 26.4 Å². The molecular weight excluding hydrogens is 452 g/mol. The molecule has 0 aliphatic carbocycles. The van der Waals surface area contributed by atoms with Gasteiger partial charge in [-0.25, -0.2) is 9.59 Å². The minimum absolute atomic E-state index is 0.0981. The van der Waals surface area contributed by atoms with Gasteiger partial charge < -0.3 is 24.3 Å². The van der Waals surface area contributed by atoms with Gasteiger partial charge >= 0.3 is 12.2 Å². The summed E-state index contributed by atoms with van der Waals surface area (Å²) in [6.45, 7) is 14.5. The van der Waals surface area contributed by atoms with Crippen LogP contribution in [0, 0.1) is 0 Å². The van der Waals surface area contributed by atoms with Crippen molar-refractivity contribution in [2.45, 2.75) is 90.7 Å². The number of hydrogen-bond donors (Lipinski definition) is 3. The third-order valence-electron chi connectivity index (χ3n) is 4.79. The molecule has 1 saturated heterocycles. The Morgan fingerprint density at radius 3 is 2.27 bits per heavy atom. The van der Waals surface area contributed by atoms with E-state index in [4.69, 9.17) is 30.5 Å². The molecule has 0 radical (unpaired) electrons. The summed E-state index contributed by atoms with van der Waals surface area (Å²) in [5.74, 6) is 0. The molecule has 0 saturated carbocycles. The Kier molecular flexibility index (Phi) is 9.26. The topological polar surface area (TPSA) is 110 Å². The van der Waals surface area contributed by atoms with Gasteiger partial charge in [-0.1, -0.05) is 11.6 Å². The maximum absolute atomic E-state index is 12.5. The van der Waals surface area contributed by atoms with E-state index in [1.54, 1.807) is 27.7 Å². The van der Waals surface area contributed by atoms with Gasteiger partial charge in [0.05, 0.1) is 12.6 Å². The number of carbonyl (C=O) groups is 2. The maximum Gasteiger partial charge on any atom is 0.412 e. The van der Waals surface area contributed by atoms with Crippen molar-refractivity contribution in [1.82, 2.24) is 21.1 Å². The monoisotopic (exact) mass is 490 g/mol. The standard InChI is InChI=1S/C22H39ClN4O6/c1-20(2,3)32-18(28)24-11-8-12-31-22(7)16(25-19(29)33-21(4,5)6)17(23)27(26-22)15-9-13-30-14-10-15/h15,26H,8-14H2,1-7H3,(H,24,28)(H,25,29). The first kappa shape index (κ1) is 27.5. The molecule has 33 heavy (non-hydrogen) atoms. The zero-order chi connectivity index (χ0) is 24.9. The molecule has 2 aliphatic rings. The van der Waals surface area contributed by atoms with E-state index in [1.165, 1.54) is 0 Å². The van der Waals surface area contributed by atoms with E-state index >= 15 is 0 Å². The number of rotatable bonds is 7. The van der Waals surface area contributed by atoms with Gasteiger partial charge in [0.1, 0.15) is 22.1 Å². The normalized spacial score (nSPS) is 22.4. The number of nitrogens with one attached hydrogen (secondary N) is 3. The Morgan fingerprint density at radius 1 is 1.12 bits per heavy atom. The van der Waals surface area contributed by atoms with E-state index in [-0.39, 0.29) is 6.04 Å². The second-order valence-electron chi connectivity index (χ2n) is 10.3. The lowest BCUT2D eigenvalue weighted by Crippen LogP contribution is -2.54. The summed E-state index contributed by atoms with van der Waals surface area (Å²) in [5, 5.41) is 7.65. The van der Waals surface area contributed by atoms with Crippen molar-refractivity contribution in [1.29, 1.82) is 0 Å². The number of halogens is 1. The predicted molar refractivity (Wildman–Crippen MR) is 124 cm³/mol. The number of hydrazine groups is 1. The second-order valence-corrected chi connectivity index (χ2v) is 10.6. The quantitative estimate of drug-likeness (QED) is 0.367. The first-order valence-corrected chi connectivity index (χ1v) is 11.7. The summed E-state index contributed by atoms with van der Waals surface area (Å²) in [6, 6.07) is 0.0981. The van der Waals surface area contributed by atoms with Crippen molar-refractivity contribution in [2.24, 2.45) is 0 Å². The molecule has 1 fully saturated rings. The van der Waals surface area contributed by atoms with Crippen molar-refractivity contribution in [3.8, 4) is 0 Å². The van der Waals surface area contributed by atoms with E-state index in [0.29, 0.717) is 43.6 Å². The SMILES string of the molecule is CC(C)(C)OC(=O)NCCCOC1(C)NN(C2CCOCC2)C(Cl)=C1NC(=O)OC(C)(C)C. The Labute approximate surface area is 201 Å². The predicted octanol–water partition coefficient (Wildman–Crippen LogP) is 3.57. The van der Waals surface area contributed by atoms with Gasteiger partial charge in [0.25, 0.3) is 0 Å². The molecule has 3 N–H and O–H groups in total. The van der Waals surface area contributed by atoms with Crippen LogP contribution in [-0.4, -0.2) is 66.5 Å². The van der Waals surface area contributed by atoms with Crippen LogP contribution in [0.15, 0.2) is 10.9 Å². The maximum atomic E-state index is 12.5.